The van der Waals surface area contributed by atoms with Crippen LogP contribution in [-0.2, 0) is 11.3 Å². The normalized spacial score (nSPS) is 13.0. The number of hydrogen-bond acceptors (Lipinski definition) is 5. The van der Waals surface area contributed by atoms with Crippen LogP contribution in [-0.4, -0.2) is 42.8 Å². The van der Waals surface area contributed by atoms with Gasteiger partial charge in [-0.1, -0.05) is 6.92 Å². The summed E-state index contributed by atoms with van der Waals surface area (Å²) in [4.78, 5) is 11.8. The number of Topliss-reactive ketones (excluding diaryl/α,β-unsaturated/α-hetero) is 1. The van der Waals surface area contributed by atoms with Crippen LogP contribution in [0, 0.1) is 0 Å². The summed E-state index contributed by atoms with van der Waals surface area (Å²) in [5, 5.41) is 13.2. The van der Waals surface area contributed by atoms with Crippen LogP contribution in [0.2, 0.25) is 0 Å². The summed E-state index contributed by atoms with van der Waals surface area (Å²) in [5.41, 5.74) is 1.41. The molecule has 130 valence electrons. The van der Waals surface area contributed by atoms with E-state index < -0.39 is 6.10 Å². The first-order valence-corrected chi connectivity index (χ1v) is 7.97. The number of carbonyl (C=O) groups is 1. The average molecular weight is 323 g/mol. The first-order chi connectivity index (χ1) is 10.8. The van der Waals surface area contributed by atoms with Crippen molar-refractivity contribution in [3.8, 4) is 5.75 Å². The second kappa shape index (κ2) is 9.01. The Morgan fingerprint density at radius 1 is 1.35 bits per heavy atom. The molecule has 0 aliphatic heterocycles. The van der Waals surface area contributed by atoms with E-state index in [9.17, 15) is 9.90 Å². The van der Waals surface area contributed by atoms with Crippen molar-refractivity contribution in [1.29, 1.82) is 0 Å². The molecule has 0 aliphatic rings. The van der Waals surface area contributed by atoms with Crippen LogP contribution in [0.1, 0.15) is 50.0 Å². The molecule has 1 rings (SSSR count). The third-order valence-corrected chi connectivity index (χ3v) is 3.30. The van der Waals surface area contributed by atoms with Crippen LogP contribution in [0.3, 0.4) is 0 Å². The van der Waals surface area contributed by atoms with Crippen LogP contribution in [0.4, 0.5) is 0 Å². The summed E-state index contributed by atoms with van der Waals surface area (Å²) in [5.74, 6) is 0.720. The predicted molar refractivity (Wildman–Crippen MR) is 91.0 cm³/mol. The van der Waals surface area contributed by atoms with Crippen molar-refractivity contribution in [3.05, 3.63) is 29.3 Å². The average Bonchev–Trinajstić information content (AvgIpc) is 2.50. The Morgan fingerprint density at radius 2 is 2.04 bits per heavy atom. The first-order valence-electron chi connectivity index (χ1n) is 7.97. The quantitative estimate of drug-likeness (QED) is 0.684. The minimum atomic E-state index is -0.610. The highest BCUT2D eigenvalue weighted by Gasteiger charge is 2.14. The minimum absolute atomic E-state index is 0.0512. The molecule has 2 N–H and O–H groups in total. The molecular weight excluding hydrogens is 294 g/mol. The van der Waals surface area contributed by atoms with Crippen molar-refractivity contribution in [2.45, 2.75) is 52.4 Å². The van der Waals surface area contributed by atoms with E-state index in [4.69, 9.17) is 9.47 Å². The monoisotopic (exact) mass is 323 g/mol. The van der Waals surface area contributed by atoms with Crippen LogP contribution >= 0.6 is 0 Å². The van der Waals surface area contributed by atoms with E-state index in [1.165, 1.54) is 0 Å². The molecule has 1 aromatic carbocycles. The van der Waals surface area contributed by atoms with E-state index in [1.807, 2.05) is 27.7 Å². The second-order valence-electron chi connectivity index (χ2n) is 6.63. The maximum absolute atomic E-state index is 11.8. The molecule has 5 heteroatoms. The number of ether oxygens (including phenoxy) is 2. The molecule has 0 fully saturated rings. The van der Waals surface area contributed by atoms with Gasteiger partial charge in [-0.25, -0.2) is 0 Å². The topological polar surface area (TPSA) is 67.8 Å². The lowest BCUT2D eigenvalue weighted by molar-refractivity contribution is 0.0969. The van der Waals surface area contributed by atoms with Crippen molar-refractivity contribution in [1.82, 2.24) is 5.32 Å². The molecule has 0 amide bonds. The molecule has 0 saturated heterocycles. The molecule has 0 radical (unpaired) electrons. The van der Waals surface area contributed by atoms with Crippen molar-refractivity contribution in [3.63, 3.8) is 0 Å². The van der Waals surface area contributed by atoms with E-state index in [0.717, 1.165) is 5.56 Å². The van der Waals surface area contributed by atoms with Gasteiger partial charge in [-0.05, 0) is 39.0 Å². The van der Waals surface area contributed by atoms with Gasteiger partial charge < -0.3 is 19.9 Å². The lowest BCUT2D eigenvalue weighted by atomic mass is 10.1. The fraction of sp³-hybridized carbons (Fsp3) is 0.611. The summed E-state index contributed by atoms with van der Waals surface area (Å²) in [6, 6.07) is 5.31. The number of benzene rings is 1. The number of nitrogens with one attached hydrogen (secondary N) is 1. The molecule has 1 aromatic rings. The van der Waals surface area contributed by atoms with Crippen molar-refractivity contribution in [2.24, 2.45) is 0 Å². The molecule has 0 heterocycles. The Kier molecular flexibility index (Phi) is 7.68. The number of β-amino-alcohol motifs (C(OH)–C–C–N with tert-alkyl or cyclic N) is 1. The molecule has 0 saturated carbocycles. The number of hydrogen-bond donors (Lipinski definition) is 2. The molecule has 0 spiro atoms. The molecule has 0 aromatic heterocycles. The Morgan fingerprint density at radius 3 is 2.61 bits per heavy atom. The highest BCUT2D eigenvalue weighted by molar-refractivity contribution is 5.96. The highest BCUT2D eigenvalue weighted by atomic mass is 16.5. The Hall–Kier alpha value is -1.43. The maximum atomic E-state index is 11.8. The number of ketones is 1. The standard InChI is InChI=1S/C18H29NO4/c1-6-16(21)13-7-8-17(14(9-13)11-22-5)23-12-15(20)10-19-18(2,3)4/h7-9,15,19-20H,6,10-12H2,1-5H3. The molecule has 1 unspecified atom stereocenters. The van der Waals surface area contributed by atoms with E-state index in [0.29, 0.717) is 30.9 Å². The number of carbonyl (C=O) groups excluding carboxylic acids is 1. The number of rotatable bonds is 9. The predicted octanol–water partition coefficient (Wildman–Crippen LogP) is 2.55. The molecule has 5 nitrogen and oxygen atoms in total. The SMILES string of the molecule is CCC(=O)c1ccc(OCC(O)CNC(C)(C)C)c(COC)c1. The smallest absolute Gasteiger partial charge is 0.162 e. The number of aliphatic hydroxyl groups is 1. The zero-order valence-electron chi connectivity index (χ0n) is 14.8. The summed E-state index contributed by atoms with van der Waals surface area (Å²) >= 11 is 0. The van der Waals surface area contributed by atoms with Crippen LogP contribution in [0.15, 0.2) is 18.2 Å². The van der Waals surface area contributed by atoms with Gasteiger partial charge in [-0.3, -0.25) is 4.79 Å². The van der Waals surface area contributed by atoms with Crippen LogP contribution in [0.25, 0.3) is 0 Å². The number of aliphatic hydroxyl groups excluding tert-OH is 1. The third kappa shape index (κ3) is 7.12. The van der Waals surface area contributed by atoms with Crippen molar-refractivity contribution in [2.75, 3.05) is 20.3 Å². The summed E-state index contributed by atoms with van der Waals surface area (Å²) < 4.78 is 10.9. The minimum Gasteiger partial charge on any atom is -0.490 e. The second-order valence-corrected chi connectivity index (χ2v) is 6.63. The Balaban J connectivity index is 2.70. The van der Waals surface area contributed by atoms with Gasteiger partial charge in [0.15, 0.2) is 5.78 Å². The lowest BCUT2D eigenvalue weighted by Gasteiger charge is -2.23. The van der Waals surface area contributed by atoms with Gasteiger partial charge >= 0.3 is 0 Å². The molecule has 0 aliphatic carbocycles. The van der Waals surface area contributed by atoms with Crippen molar-refractivity contribution >= 4 is 5.78 Å². The Labute approximate surface area is 139 Å². The Bertz CT molecular complexity index is 508. The van der Waals surface area contributed by atoms with Gasteiger partial charge in [0.25, 0.3) is 0 Å². The molecule has 0 bridgehead atoms. The zero-order chi connectivity index (χ0) is 17.5. The maximum Gasteiger partial charge on any atom is 0.162 e. The zero-order valence-corrected chi connectivity index (χ0v) is 14.8. The van der Waals surface area contributed by atoms with E-state index in [-0.39, 0.29) is 17.9 Å². The number of methoxy groups -OCH3 is 1. The molecule has 1 atom stereocenters. The fourth-order valence-electron chi connectivity index (χ4n) is 2.04. The summed E-state index contributed by atoms with van der Waals surface area (Å²) in [6.07, 6.45) is -0.148. The fourth-order valence-corrected chi connectivity index (χ4v) is 2.04. The van der Waals surface area contributed by atoms with Gasteiger partial charge in [0.1, 0.15) is 18.5 Å². The summed E-state index contributed by atoms with van der Waals surface area (Å²) in [7, 11) is 1.60. The first kappa shape index (κ1) is 19.6. The van der Waals surface area contributed by atoms with Crippen molar-refractivity contribution < 1.29 is 19.4 Å². The highest BCUT2D eigenvalue weighted by Crippen LogP contribution is 2.22. The third-order valence-electron chi connectivity index (χ3n) is 3.30. The lowest BCUT2D eigenvalue weighted by Crippen LogP contribution is -2.42. The van der Waals surface area contributed by atoms with Crippen LogP contribution in [0.5, 0.6) is 5.75 Å². The molecular formula is C18H29NO4. The van der Waals surface area contributed by atoms with Crippen LogP contribution < -0.4 is 10.1 Å². The summed E-state index contributed by atoms with van der Waals surface area (Å²) in [6.45, 7) is 8.95. The molecule has 23 heavy (non-hydrogen) atoms. The van der Waals surface area contributed by atoms with Gasteiger partial charge in [0.2, 0.25) is 0 Å². The van der Waals surface area contributed by atoms with Gasteiger partial charge in [0.05, 0.1) is 6.61 Å². The van der Waals surface area contributed by atoms with Gasteiger partial charge in [-0.15, -0.1) is 0 Å². The van der Waals surface area contributed by atoms with E-state index in [1.54, 1.807) is 25.3 Å². The van der Waals surface area contributed by atoms with Gasteiger partial charge in [0, 0.05) is 36.7 Å². The van der Waals surface area contributed by atoms with E-state index in [2.05, 4.69) is 5.32 Å². The van der Waals surface area contributed by atoms with Gasteiger partial charge in [-0.2, -0.15) is 0 Å². The van der Waals surface area contributed by atoms with E-state index >= 15 is 0 Å². The largest absolute Gasteiger partial charge is 0.490 e.